The maximum Gasteiger partial charge on any atom is 0.174 e. The highest BCUT2D eigenvalue weighted by Gasteiger charge is 2.40. The Hall–Kier alpha value is -11.3. The van der Waals surface area contributed by atoms with E-state index in [0.29, 0.717) is 5.58 Å². The van der Waals surface area contributed by atoms with Crippen LogP contribution in [0.15, 0.2) is 412 Å². The molecular weight excluding hydrogens is 1550 g/mol. The molecule has 0 radical (unpaired) electrons. The highest BCUT2D eigenvalue weighted by Crippen LogP contribution is 2.57. The first kappa shape index (κ1) is 74.3. The highest BCUT2D eigenvalue weighted by molar-refractivity contribution is 8.25. The Morgan fingerprint density at radius 3 is 1.08 bits per heavy atom. The van der Waals surface area contributed by atoms with Crippen molar-refractivity contribution in [1.29, 1.82) is 0 Å². The van der Waals surface area contributed by atoms with Gasteiger partial charge in [0.25, 0.3) is 0 Å². The summed E-state index contributed by atoms with van der Waals surface area (Å²) in [6.07, 6.45) is 12.0. The Morgan fingerprint density at radius 1 is 0.305 bits per heavy atom. The molecule has 0 N–H and O–H groups in total. The van der Waals surface area contributed by atoms with Crippen LogP contribution in [-0.2, 0) is 27.2 Å². The van der Waals surface area contributed by atoms with Gasteiger partial charge in [0.2, 0.25) is 0 Å². The molecule has 2 fully saturated rings. The molecule has 4 aliphatic rings. The molecule has 4 nitrogen and oxygen atoms in total. The van der Waals surface area contributed by atoms with Crippen molar-refractivity contribution in [2.75, 3.05) is 9.80 Å². The Labute approximate surface area is 708 Å². The minimum Gasteiger partial charge on any atom is -0.455 e. The van der Waals surface area contributed by atoms with Crippen LogP contribution in [0.2, 0.25) is 0 Å². The summed E-state index contributed by atoms with van der Waals surface area (Å²) in [6.45, 7) is 0. The summed E-state index contributed by atoms with van der Waals surface area (Å²) in [5, 5.41) is 10.6. The molecule has 18 aromatic rings. The van der Waals surface area contributed by atoms with E-state index in [-0.39, 0.29) is 10.8 Å². The molecule has 0 unspecified atom stereocenters. The van der Waals surface area contributed by atoms with Crippen LogP contribution in [0, 0.1) is 0 Å². The lowest BCUT2D eigenvalue weighted by atomic mass is 9.65. The Kier molecular flexibility index (Phi) is 19.6. The number of fused-ring (bicyclic) bond motifs is 10. The number of anilines is 6. The lowest BCUT2D eigenvalue weighted by Crippen LogP contribution is -2.30. The maximum atomic E-state index is 15.9. The van der Waals surface area contributed by atoms with E-state index in [0.717, 1.165) is 69.1 Å². The lowest BCUT2D eigenvalue weighted by molar-refractivity contribution is 0.346. The van der Waals surface area contributed by atoms with Gasteiger partial charge in [-0.05, 0) is 190 Å². The fraction of sp³-hybridized carbons (Fsp3) is 0.111. The van der Waals surface area contributed by atoms with Gasteiger partial charge >= 0.3 is 0 Å². The van der Waals surface area contributed by atoms with E-state index in [4.69, 9.17) is 16.2 Å². The minimum absolute atomic E-state index is 0.0243. The zero-order valence-electron chi connectivity index (χ0n) is 65.3. The molecule has 118 heavy (non-hydrogen) atoms. The third-order valence-corrected chi connectivity index (χ3v) is 36.9. The molecule has 2 aromatic heterocycles. The summed E-state index contributed by atoms with van der Waals surface area (Å²) in [5.41, 5.74) is 18.8. The second kappa shape index (κ2) is 31.2. The number of para-hydroxylation sites is 5. The molecule has 10 heteroatoms. The van der Waals surface area contributed by atoms with E-state index in [2.05, 4.69) is 319 Å². The van der Waals surface area contributed by atoms with E-state index in [9.17, 15) is 0 Å². The number of thiophene rings is 1. The summed E-state index contributed by atoms with van der Waals surface area (Å²) in [7, 11) is -3.36. The SMILES string of the molecule is O=P(c1ccccc1)(c1ccccc1)c1cc(-c2ccc(C3(c4ccc(N5c6ccccc6Sc6ccccc65)cc4)CCCCC3)cc2)cc2c1oc1ccccc12.S=P(c1ccccc1)(c1ccccc1)c1cc(-c2ccc(C3(c4ccc(N5c6ccccc6Sc6ccccc65)cc4)CCCCC3)cc2)cc2c1sc1ccccc12. The molecule has 0 bridgehead atoms. The average Bonchev–Trinajstić information content (AvgIpc) is 1.47. The van der Waals surface area contributed by atoms with Gasteiger partial charge in [-0.25, -0.2) is 0 Å². The molecule has 572 valence electrons. The molecule has 0 amide bonds. The van der Waals surface area contributed by atoms with Gasteiger partial charge in [-0.15, -0.1) is 11.3 Å². The summed E-state index contributed by atoms with van der Waals surface area (Å²) in [6, 6.07) is 138. The van der Waals surface area contributed by atoms with Crippen LogP contribution in [-0.4, -0.2) is 0 Å². The van der Waals surface area contributed by atoms with Crippen LogP contribution >= 0.6 is 48.0 Å². The predicted molar refractivity (Wildman–Crippen MR) is 508 cm³/mol. The van der Waals surface area contributed by atoms with Gasteiger partial charge in [0.1, 0.15) is 11.2 Å². The van der Waals surface area contributed by atoms with Gasteiger partial charge in [-0.1, -0.05) is 353 Å². The van der Waals surface area contributed by atoms with Gasteiger partial charge < -0.3 is 18.8 Å². The molecule has 22 rings (SSSR count). The second-order valence-corrected chi connectivity index (χ2v) is 42.1. The van der Waals surface area contributed by atoms with E-state index in [1.165, 1.54) is 162 Å². The van der Waals surface area contributed by atoms with Crippen LogP contribution in [0.5, 0.6) is 0 Å². The smallest absolute Gasteiger partial charge is 0.174 e. The largest absolute Gasteiger partial charge is 0.455 e. The minimum atomic E-state index is -3.36. The number of benzene rings is 16. The van der Waals surface area contributed by atoms with Crippen LogP contribution in [0.1, 0.15) is 86.5 Å². The van der Waals surface area contributed by atoms with Crippen molar-refractivity contribution >= 4 is 168 Å². The van der Waals surface area contributed by atoms with Gasteiger partial charge in [0, 0.05) is 94.7 Å². The second-order valence-electron chi connectivity index (χ2n) is 31.8. The normalized spacial score (nSPS) is 14.9. The summed E-state index contributed by atoms with van der Waals surface area (Å²) in [4.78, 5) is 9.97. The van der Waals surface area contributed by atoms with Crippen molar-refractivity contribution in [3.63, 3.8) is 0 Å². The van der Waals surface area contributed by atoms with E-state index in [1.807, 2.05) is 114 Å². The van der Waals surface area contributed by atoms with Crippen molar-refractivity contribution in [3.05, 3.63) is 411 Å². The molecule has 0 saturated heterocycles. The Bertz CT molecular complexity index is 6290. The first-order valence-corrected chi connectivity index (χ1v) is 48.3. The molecule has 2 saturated carbocycles. The molecule has 0 atom stereocenters. The average molecular weight is 1630 g/mol. The molecule has 4 heterocycles. The summed E-state index contributed by atoms with van der Waals surface area (Å²) >= 11 is 12.6. The summed E-state index contributed by atoms with van der Waals surface area (Å²) < 4.78 is 25.2. The van der Waals surface area contributed by atoms with Gasteiger partial charge in [0.15, 0.2) is 7.14 Å². The van der Waals surface area contributed by atoms with Gasteiger partial charge in [0.05, 0.1) is 28.1 Å². The van der Waals surface area contributed by atoms with Crippen LogP contribution in [0.3, 0.4) is 0 Å². The topological polar surface area (TPSA) is 36.7 Å². The van der Waals surface area contributed by atoms with Gasteiger partial charge in [-0.3, -0.25) is 0 Å². The van der Waals surface area contributed by atoms with Crippen LogP contribution in [0.25, 0.3) is 64.4 Å². The Balaban J connectivity index is 0.000000147. The fourth-order valence-corrected chi connectivity index (χ4v) is 30.1. The van der Waals surface area contributed by atoms with Gasteiger partial charge in [-0.2, -0.15) is 0 Å². The number of nitrogens with zero attached hydrogens (tertiary/aromatic N) is 2. The first-order chi connectivity index (χ1) is 58.2. The van der Waals surface area contributed by atoms with Crippen molar-refractivity contribution in [2.24, 2.45) is 0 Å². The van der Waals surface area contributed by atoms with Crippen molar-refractivity contribution in [3.8, 4) is 22.3 Å². The van der Waals surface area contributed by atoms with E-state index >= 15 is 4.57 Å². The molecular formula is C108H84N2O2P2S4. The molecule has 2 aliphatic carbocycles. The fourth-order valence-electron chi connectivity index (χ4n) is 19.4. The van der Waals surface area contributed by atoms with Crippen molar-refractivity contribution in [2.45, 2.75) is 94.6 Å². The third-order valence-electron chi connectivity index (χ3n) is 25.3. The van der Waals surface area contributed by atoms with E-state index in [1.54, 1.807) is 0 Å². The molecule has 0 spiro atoms. The van der Waals surface area contributed by atoms with Crippen LogP contribution in [0.4, 0.5) is 34.1 Å². The maximum absolute atomic E-state index is 15.9. The van der Waals surface area contributed by atoms with Crippen molar-refractivity contribution < 1.29 is 8.98 Å². The summed E-state index contributed by atoms with van der Waals surface area (Å²) in [5.74, 6) is 0. The van der Waals surface area contributed by atoms with Crippen LogP contribution < -0.4 is 41.6 Å². The monoisotopic (exact) mass is 1630 g/mol. The number of hydrogen-bond donors (Lipinski definition) is 0. The van der Waals surface area contributed by atoms with E-state index < -0.39 is 13.2 Å². The quantitative estimate of drug-likeness (QED) is 0.100. The molecule has 2 aliphatic heterocycles. The standard InChI is InChI=1S/C54H42NO2PS.C54H42NPS3/c56-58(43-16-4-1-5-17-43,44-18-6-2-7-19-44)50-37-39(36-46-45-20-8-11-23-49(45)57-53(46)50)38-26-28-40(29-27-38)54(34-14-3-15-35-54)41-30-32-42(33-31-41)55-47-21-9-12-24-51(47)59-52-25-13-10-22-48(52)55;57-56(43-16-4-1-5-17-43,44-18-6-2-7-19-44)49-37-39(36-46-45-20-8-11-23-50(45)59-53(46)49)38-26-28-40(29-27-38)54(34-14-3-15-35-54)41-30-32-42(33-31-41)55-47-21-9-12-24-51(47)58-52-25-13-10-22-48(52)55/h2*1-2,4-13,16-33,36-37H,3,14-15,34-35H2. The van der Waals surface area contributed by atoms with Crippen molar-refractivity contribution in [1.82, 2.24) is 0 Å². The Morgan fingerprint density at radius 2 is 0.653 bits per heavy atom. The lowest BCUT2D eigenvalue weighted by Gasteiger charge is -2.39. The third kappa shape index (κ3) is 13.0. The number of hydrogen-bond acceptors (Lipinski definition) is 8. The molecule has 16 aromatic carbocycles. The first-order valence-electron chi connectivity index (χ1n) is 41.3. The zero-order chi connectivity index (χ0) is 78.8. The number of rotatable bonds is 14. The zero-order valence-corrected chi connectivity index (χ0v) is 70.3. The number of furan rings is 1. The predicted octanol–water partition coefficient (Wildman–Crippen LogP) is 28.7. The highest BCUT2D eigenvalue weighted by atomic mass is 32.4.